The highest BCUT2D eigenvalue weighted by Gasteiger charge is 2.11. The first-order valence-electron chi connectivity index (χ1n) is 7.14. The van der Waals surface area contributed by atoms with Gasteiger partial charge in [0.2, 0.25) is 0 Å². The van der Waals surface area contributed by atoms with Crippen LogP contribution in [-0.2, 0) is 4.79 Å². The smallest absolute Gasteiger partial charge is 0.417 e. The Morgan fingerprint density at radius 2 is 1.67 bits per heavy atom. The first-order valence-corrected chi connectivity index (χ1v) is 7.52. The minimum Gasteiger partial charge on any atom is -0.493 e. The molecule has 2 rings (SSSR count). The van der Waals surface area contributed by atoms with Crippen LogP contribution < -0.4 is 14.8 Å². The molecule has 1 amide bonds. The molecule has 6 nitrogen and oxygen atoms in total. The van der Waals surface area contributed by atoms with Crippen LogP contribution in [0.15, 0.2) is 48.5 Å². The van der Waals surface area contributed by atoms with Gasteiger partial charge in [-0.05, 0) is 55.5 Å². The van der Waals surface area contributed by atoms with Gasteiger partial charge in [0.1, 0.15) is 18.1 Å². The van der Waals surface area contributed by atoms with Crippen molar-refractivity contribution in [2.45, 2.75) is 6.92 Å². The third kappa shape index (κ3) is 5.48. The number of carbonyl (C=O) groups excluding carboxylic acids is 1. The highest BCUT2D eigenvalue weighted by atomic mass is 35.5. The molecule has 0 spiro atoms. The van der Waals surface area contributed by atoms with Crippen LogP contribution in [0.4, 0.5) is 10.5 Å². The van der Waals surface area contributed by atoms with Gasteiger partial charge in [0.05, 0.1) is 5.92 Å². The molecule has 0 aliphatic heterocycles. The van der Waals surface area contributed by atoms with Gasteiger partial charge in [0, 0.05) is 10.7 Å². The fourth-order valence-electron chi connectivity index (χ4n) is 1.68. The summed E-state index contributed by atoms with van der Waals surface area (Å²) in [6.45, 7) is 1.63. The van der Waals surface area contributed by atoms with Gasteiger partial charge < -0.3 is 14.6 Å². The molecular weight excluding hydrogens is 334 g/mol. The summed E-state index contributed by atoms with van der Waals surface area (Å²) in [5.74, 6) is -0.630. The Bertz CT molecular complexity index is 700. The first-order chi connectivity index (χ1) is 11.4. The van der Waals surface area contributed by atoms with E-state index in [9.17, 15) is 9.59 Å². The summed E-state index contributed by atoms with van der Waals surface area (Å²) in [6.07, 6.45) is -0.634. The van der Waals surface area contributed by atoms with Crippen LogP contribution in [0, 0.1) is 5.92 Å². The number of hydrogen-bond donors (Lipinski definition) is 2. The number of aliphatic carboxylic acids is 1. The Kier molecular flexibility index (Phi) is 6.03. The molecule has 0 aromatic heterocycles. The Labute approximate surface area is 144 Å². The molecule has 1 unspecified atom stereocenters. The van der Waals surface area contributed by atoms with E-state index in [0.29, 0.717) is 22.2 Å². The van der Waals surface area contributed by atoms with Gasteiger partial charge in [0.25, 0.3) is 0 Å². The number of amides is 1. The number of carboxylic acids is 1. The van der Waals surface area contributed by atoms with Crippen molar-refractivity contribution >= 4 is 29.4 Å². The Hall–Kier alpha value is -2.73. The van der Waals surface area contributed by atoms with Crippen LogP contribution in [0.3, 0.4) is 0 Å². The van der Waals surface area contributed by atoms with Crippen LogP contribution in [0.2, 0.25) is 5.02 Å². The van der Waals surface area contributed by atoms with E-state index in [1.54, 1.807) is 55.5 Å². The van der Waals surface area contributed by atoms with Gasteiger partial charge in [-0.15, -0.1) is 0 Å². The summed E-state index contributed by atoms with van der Waals surface area (Å²) < 4.78 is 10.5. The summed E-state index contributed by atoms with van der Waals surface area (Å²) in [6, 6.07) is 12.9. The molecule has 1 atom stereocenters. The summed E-state index contributed by atoms with van der Waals surface area (Å²) in [4.78, 5) is 22.5. The van der Waals surface area contributed by atoms with Crippen LogP contribution in [0.5, 0.6) is 11.5 Å². The second-order valence-corrected chi connectivity index (χ2v) is 5.48. The molecule has 0 heterocycles. The molecule has 0 aliphatic rings. The second-order valence-electron chi connectivity index (χ2n) is 5.04. The van der Waals surface area contributed by atoms with Gasteiger partial charge in [-0.2, -0.15) is 0 Å². The molecule has 0 aliphatic carbocycles. The van der Waals surface area contributed by atoms with E-state index in [-0.39, 0.29) is 6.61 Å². The van der Waals surface area contributed by atoms with Crippen LogP contribution in [-0.4, -0.2) is 23.8 Å². The minimum atomic E-state index is -0.918. The summed E-state index contributed by atoms with van der Waals surface area (Å²) >= 11 is 5.75. The molecule has 0 radical (unpaired) electrons. The number of rotatable bonds is 6. The van der Waals surface area contributed by atoms with Crippen LogP contribution >= 0.6 is 11.6 Å². The maximum atomic E-state index is 11.8. The van der Waals surface area contributed by atoms with Crippen molar-refractivity contribution in [3.63, 3.8) is 0 Å². The number of anilines is 1. The lowest BCUT2D eigenvalue weighted by Crippen LogP contribution is -2.18. The first kappa shape index (κ1) is 17.6. The van der Waals surface area contributed by atoms with Gasteiger partial charge in [-0.25, -0.2) is 4.79 Å². The SMILES string of the molecule is CC(COc1ccc(NC(=O)Oc2ccc(Cl)cc2)cc1)C(=O)O. The molecule has 0 saturated heterocycles. The van der Waals surface area contributed by atoms with Gasteiger partial charge in [-0.3, -0.25) is 10.1 Å². The lowest BCUT2D eigenvalue weighted by atomic mass is 10.2. The van der Waals surface area contributed by atoms with Crippen molar-refractivity contribution in [1.82, 2.24) is 0 Å². The molecular formula is C17H16ClNO5. The van der Waals surface area contributed by atoms with E-state index in [1.807, 2.05) is 0 Å². The van der Waals surface area contributed by atoms with Crippen LogP contribution in [0.1, 0.15) is 6.92 Å². The Morgan fingerprint density at radius 1 is 1.08 bits per heavy atom. The highest BCUT2D eigenvalue weighted by Crippen LogP contribution is 2.18. The number of halogens is 1. The van der Waals surface area contributed by atoms with E-state index in [0.717, 1.165) is 0 Å². The summed E-state index contributed by atoms with van der Waals surface area (Å²) in [5, 5.41) is 11.9. The lowest BCUT2D eigenvalue weighted by Gasteiger charge is -2.10. The van der Waals surface area contributed by atoms with Crippen molar-refractivity contribution in [2.75, 3.05) is 11.9 Å². The largest absolute Gasteiger partial charge is 0.493 e. The topological polar surface area (TPSA) is 84.9 Å². The third-order valence-electron chi connectivity index (χ3n) is 3.05. The van der Waals surface area contributed by atoms with E-state index in [2.05, 4.69) is 5.32 Å². The molecule has 2 aromatic rings. The predicted molar refractivity (Wildman–Crippen MR) is 89.8 cm³/mol. The standard InChI is InChI=1S/C17H16ClNO5/c1-11(16(20)21)10-23-14-8-4-13(5-9-14)19-17(22)24-15-6-2-12(18)3-7-15/h2-9,11H,10H2,1H3,(H,19,22)(H,20,21). The zero-order valence-corrected chi connectivity index (χ0v) is 13.6. The monoisotopic (exact) mass is 349 g/mol. The van der Waals surface area contributed by atoms with Gasteiger partial charge in [-0.1, -0.05) is 11.6 Å². The molecule has 7 heteroatoms. The lowest BCUT2D eigenvalue weighted by molar-refractivity contribution is -0.142. The Balaban J connectivity index is 1.85. The van der Waals surface area contributed by atoms with Gasteiger partial charge in [0.15, 0.2) is 0 Å². The van der Waals surface area contributed by atoms with Crippen LogP contribution in [0.25, 0.3) is 0 Å². The van der Waals surface area contributed by atoms with E-state index < -0.39 is 18.0 Å². The zero-order valence-electron chi connectivity index (χ0n) is 12.9. The van der Waals surface area contributed by atoms with Crippen molar-refractivity contribution in [3.8, 4) is 11.5 Å². The minimum absolute atomic E-state index is 0.0702. The van der Waals surface area contributed by atoms with E-state index >= 15 is 0 Å². The summed E-state index contributed by atoms with van der Waals surface area (Å²) in [5.41, 5.74) is 0.521. The fourth-order valence-corrected chi connectivity index (χ4v) is 1.81. The Morgan fingerprint density at radius 3 is 2.25 bits per heavy atom. The zero-order chi connectivity index (χ0) is 17.5. The van der Waals surface area contributed by atoms with Crippen molar-refractivity contribution < 1.29 is 24.2 Å². The normalized spacial score (nSPS) is 11.4. The van der Waals surface area contributed by atoms with Gasteiger partial charge >= 0.3 is 12.1 Å². The highest BCUT2D eigenvalue weighted by molar-refractivity contribution is 6.30. The molecule has 0 fully saturated rings. The number of benzene rings is 2. The summed E-state index contributed by atoms with van der Waals surface area (Å²) in [7, 11) is 0. The quantitative estimate of drug-likeness (QED) is 0.821. The van der Waals surface area contributed by atoms with Crippen molar-refractivity contribution in [3.05, 3.63) is 53.6 Å². The molecule has 0 bridgehead atoms. The average molecular weight is 350 g/mol. The molecule has 2 aromatic carbocycles. The second kappa shape index (κ2) is 8.21. The molecule has 126 valence electrons. The predicted octanol–water partition coefficient (Wildman–Crippen LogP) is 4.05. The van der Waals surface area contributed by atoms with Crippen molar-refractivity contribution in [2.24, 2.45) is 5.92 Å². The number of hydrogen-bond acceptors (Lipinski definition) is 4. The number of carbonyl (C=O) groups is 2. The third-order valence-corrected chi connectivity index (χ3v) is 3.30. The maximum Gasteiger partial charge on any atom is 0.417 e. The van der Waals surface area contributed by atoms with E-state index in [4.69, 9.17) is 26.2 Å². The molecule has 24 heavy (non-hydrogen) atoms. The average Bonchev–Trinajstić information content (AvgIpc) is 2.56. The number of nitrogens with one attached hydrogen (secondary N) is 1. The number of carboxylic acid groups (broad SMARTS) is 1. The number of ether oxygens (including phenoxy) is 2. The molecule has 2 N–H and O–H groups in total. The fraction of sp³-hybridized carbons (Fsp3) is 0.176. The van der Waals surface area contributed by atoms with Crippen molar-refractivity contribution in [1.29, 1.82) is 0 Å². The van der Waals surface area contributed by atoms with E-state index in [1.165, 1.54) is 0 Å². The maximum absolute atomic E-state index is 11.8. The molecule has 0 saturated carbocycles.